The monoisotopic (exact) mass is 263 g/mol. The summed E-state index contributed by atoms with van der Waals surface area (Å²) in [5.41, 5.74) is 2.61. The third kappa shape index (κ3) is 4.24. The predicted molar refractivity (Wildman–Crippen MR) is 83.1 cm³/mol. The lowest BCUT2D eigenvalue weighted by atomic mass is 9.82. The Morgan fingerprint density at radius 1 is 1.16 bits per heavy atom. The van der Waals surface area contributed by atoms with Crippen LogP contribution in [0.25, 0.3) is 0 Å². The summed E-state index contributed by atoms with van der Waals surface area (Å²) in [6, 6.07) is 6.66. The minimum atomic E-state index is 0.574. The Morgan fingerprint density at radius 3 is 2.37 bits per heavy atom. The van der Waals surface area contributed by atoms with E-state index in [0.717, 1.165) is 24.8 Å². The molecule has 0 saturated heterocycles. The van der Waals surface area contributed by atoms with E-state index in [1.165, 1.54) is 24.0 Å². The molecule has 1 N–H and O–H groups in total. The van der Waals surface area contributed by atoms with Crippen molar-refractivity contribution in [1.82, 2.24) is 5.32 Å². The lowest BCUT2D eigenvalue weighted by molar-refractivity contribution is 0.377. The maximum absolute atomic E-state index is 5.47. The number of likely N-dealkylation sites (N-methyl/N-ethyl adjacent to an activating group) is 1. The summed E-state index contributed by atoms with van der Waals surface area (Å²) >= 11 is 0. The van der Waals surface area contributed by atoms with Crippen molar-refractivity contribution >= 4 is 0 Å². The normalized spacial score (nSPS) is 12.7. The van der Waals surface area contributed by atoms with Gasteiger partial charge in [-0.3, -0.25) is 0 Å². The molecular formula is C17H29NO. The summed E-state index contributed by atoms with van der Waals surface area (Å²) in [6.45, 7) is 10.9. The van der Waals surface area contributed by atoms with Crippen molar-refractivity contribution in [3.05, 3.63) is 29.3 Å². The second kappa shape index (κ2) is 8.21. The Bertz CT molecular complexity index is 372. The van der Waals surface area contributed by atoms with Crippen molar-refractivity contribution in [2.45, 2.75) is 46.5 Å². The first-order chi connectivity index (χ1) is 9.17. The van der Waals surface area contributed by atoms with E-state index in [0.29, 0.717) is 5.92 Å². The van der Waals surface area contributed by atoms with Crippen molar-refractivity contribution in [2.75, 3.05) is 20.2 Å². The van der Waals surface area contributed by atoms with Gasteiger partial charge in [-0.25, -0.2) is 0 Å². The average molecular weight is 263 g/mol. The van der Waals surface area contributed by atoms with Crippen molar-refractivity contribution < 1.29 is 4.74 Å². The number of benzene rings is 1. The van der Waals surface area contributed by atoms with E-state index in [-0.39, 0.29) is 0 Å². The number of hydrogen-bond donors (Lipinski definition) is 1. The summed E-state index contributed by atoms with van der Waals surface area (Å²) in [5, 5.41) is 3.51. The van der Waals surface area contributed by atoms with Gasteiger partial charge in [-0.1, -0.05) is 45.7 Å². The standard InChI is InChI=1S/C17H29NO/c1-6-14(7-2)16(12-18-8-3)15-10-9-13(4)17(11-15)19-5/h9-11,14,16,18H,6-8,12H2,1-5H3. The molecule has 0 aromatic heterocycles. The van der Waals surface area contributed by atoms with Gasteiger partial charge < -0.3 is 10.1 Å². The molecule has 1 aromatic rings. The van der Waals surface area contributed by atoms with Crippen LogP contribution in [0.5, 0.6) is 5.75 Å². The van der Waals surface area contributed by atoms with Crippen LogP contribution in [0.3, 0.4) is 0 Å². The fraction of sp³-hybridized carbons (Fsp3) is 0.647. The highest BCUT2D eigenvalue weighted by atomic mass is 16.5. The molecule has 1 atom stereocenters. The van der Waals surface area contributed by atoms with Crippen LogP contribution in [0.2, 0.25) is 0 Å². The van der Waals surface area contributed by atoms with Crippen LogP contribution < -0.4 is 10.1 Å². The van der Waals surface area contributed by atoms with Crippen LogP contribution in [0.4, 0.5) is 0 Å². The number of aryl methyl sites for hydroxylation is 1. The number of nitrogens with one attached hydrogen (secondary N) is 1. The molecule has 0 aliphatic carbocycles. The summed E-state index contributed by atoms with van der Waals surface area (Å²) in [7, 11) is 1.75. The highest BCUT2D eigenvalue weighted by molar-refractivity contribution is 5.38. The van der Waals surface area contributed by atoms with Crippen molar-refractivity contribution in [3.63, 3.8) is 0 Å². The maximum Gasteiger partial charge on any atom is 0.122 e. The van der Waals surface area contributed by atoms with E-state index in [1.807, 2.05) is 0 Å². The van der Waals surface area contributed by atoms with Crippen molar-refractivity contribution in [2.24, 2.45) is 5.92 Å². The highest BCUT2D eigenvalue weighted by Crippen LogP contribution is 2.32. The van der Waals surface area contributed by atoms with Crippen LogP contribution in [0.1, 0.15) is 50.7 Å². The van der Waals surface area contributed by atoms with Crippen LogP contribution in [0, 0.1) is 12.8 Å². The molecule has 0 radical (unpaired) electrons. The van der Waals surface area contributed by atoms with E-state index in [4.69, 9.17) is 4.74 Å². The van der Waals surface area contributed by atoms with Crippen LogP contribution in [0.15, 0.2) is 18.2 Å². The molecule has 0 aliphatic heterocycles. The van der Waals surface area contributed by atoms with Gasteiger partial charge in [-0.05, 0) is 42.5 Å². The molecule has 1 aromatic carbocycles. The third-order valence-electron chi connectivity index (χ3n) is 4.09. The lowest BCUT2D eigenvalue weighted by Gasteiger charge is -2.26. The van der Waals surface area contributed by atoms with E-state index in [9.17, 15) is 0 Å². The fourth-order valence-corrected chi connectivity index (χ4v) is 2.78. The molecule has 0 saturated carbocycles. The zero-order valence-corrected chi connectivity index (χ0v) is 13.1. The molecule has 19 heavy (non-hydrogen) atoms. The molecule has 0 heterocycles. The Labute approximate surface area is 118 Å². The summed E-state index contributed by atoms with van der Waals surface area (Å²) in [4.78, 5) is 0. The molecule has 1 rings (SSSR count). The number of rotatable bonds is 8. The van der Waals surface area contributed by atoms with Gasteiger partial charge in [0.2, 0.25) is 0 Å². The molecule has 1 unspecified atom stereocenters. The molecule has 0 aliphatic rings. The lowest BCUT2D eigenvalue weighted by Crippen LogP contribution is -2.26. The summed E-state index contributed by atoms with van der Waals surface area (Å²) in [5.74, 6) is 2.31. The number of hydrogen-bond acceptors (Lipinski definition) is 2. The first-order valence-corrected chi connectivity index (χ1v) is 7.53. The van der Waals surface area contributed by atoms with E-state index in [2.05, 4.69) is 51.2 Å². The number of methoxy groups -OCH3 is 1. The van der Waals surface area contributed by atoms with Gasteiger partial charge in [0.1, 0.15) is 5.75 Å². The fourth-order valence-electron chi connectivity index (χ4n) is 2.78. The quantitative estimate of drug-likeness (QED) is 0.761. The molecule has 108 valence electrons. The zero-order valence-electron chi connectivity index (χ0n) is 13.1. The smallest absolute Gasteiger partial charge is 0.122 e. The molecule has 0 bridgehead atoms. The van der Waals surface area contributed by atoms with Gasteiger partial charge in [0.15, 0.2) is 0 Å². The minimum absolute atomic E-state index is 0.574. The molecular weight excluding hydrogens is 234 g/mol. The predicted octanol–water partition coefficient (Wildman–Crippen LogP) is 4.13. The Morgan fingerprint density at radius 2 is 1.84 bits per heavy atom. The van der Waals surface area contributed by atoms with Crippen LogP contribution in [-0.4, -0.2) is 20.2 Å². The Balaban J connectivity index is 3.01. The Kier molecular flexibility index (Phi) is 6.93. The van der Waals surface area contributed by atoms with Gasteiger partial charge in [-0.2, -0.15) is 0 Å². The van der Waals surface area contributed by atoms with Crippen LogP contribution >= 0.6 is 0 Å². The van der Waals surface area contributed by atoms with Gasteiger partial charge >= 0.3 is 0 Å². The molecule has 2 heteroatoms. The minimum Gasteiger partial charge on any atom is -0.496 e. The molecule has 2 nitrogen and oxygen atoms in total. The Hall–Kier alpha value is -1.02. The van der Waals surface area contributed by atoms with Crippen molar-refractivity contribution in [1.29, 1.82) is 0 Å². The van der Waals surface area contributed by atoms with Crippen molar-refractivity contribution in [3.8, 4) is 5.75 Å². The highest BCUT2D eigenvalue weighted by Gasteiger charge is 2.20. The average Bonchev–Trinajstić information content (AvgIpc) is 2.44. The zero-order chi connectivity index (χ0) is 14.3. The third-order valence-corrected chi connectivity index (χ3v) is 4.09. The van der Waals surface area contributed by atoms with E-state index < -0.39 is 0 Å². The van der Waals surface area contributed by atoms with Gasteiger partial charge in [0.05, 0.1) is 7.11 Å². The molecule has 0 fully saturated rings. The van der Waals surface area contributed by atoms with Crippen LogP contribution in [-0.2, 0) is 0 Å². The second-order valence-corrected chi connectivity index (χ2v) is 5.22. The van der Waals surface area contributed by atoms with Gasteiger partial charge in [-0.15, -0.1) is 0 Å². The SMILES string of the molecule is CCNCC(c1ccc(C)c(OC)c1)C(CC)CC. The van der Waals surface area contributed by atoms with Gasteiger partial charge in [0, 0.05) is 6.54 Å². The molecule has 0 amide bonds. The molecule has 0 spiro atoms. The maximum atomic E-state index is 5.47. The summed E-state index contributed by atoms with van der Waals surface area (Å²) < 4.78 is 5.47. The number of ether oxygens (including phenoxy) is 1. The van der Waals surface area contributed by atoms with Gasteiger partial charge in [0.25, 0.3) is 0 Å². The largest absolute Gasteiger partial charge is 0.496 e. The van der Waals surface area contributed by atoms with E-state index >= 15 is 0 Å². The summed E-state index contributed by atoms with van der Waals surface area (Å²) in [6.07, 6.45) is 2.45. The second-order valence-electron chi connectivity index (χ2n) is 5.22. The topological polar surface area (TPSA) is 21.3 Å². The first kappa shape index (κ1) is 16.0. The van der Waals surface area contributed by atoms with E-state index in [1.54, 1.807) is 7.11 Å². The first-order valence-electron chi connectivity index (χ1n) is 7.53.